The molecular weight excluding hydrogens is 344 g/mol. The molecule has 5 heteroatoms. The van der Waals surface area contributed by atoms with Gasteiger partial charge in [-0.1, -0.05) is 28.1 Å². The number of nitrogens with one attached hydrogen (secondary N) is 1. The van der Waals surface area contributed by atoms with Gasteiger partial charge in [0, 0.05) is 10.2 Å². The van der Waals surface area contributed by atoms with Crippen LogP contribution in [0.5, 0.6) is 0 Å². The lowest BCUT2D eigenvalue weighted by molar-refractivity contribution is -0.121. The van der Waals surface area contributed by atoms with Crippen LogP contribution in [0, 0.1) is 6.92 Å². The Morgan fingerprint density at radius 1 is 1.14 bits per heavy atom. The molecule has 4 nitrogen and oxygen atoms in total. The molecule has 1 saturated heterocycles. The molecule has 3 rings (SSSR count). The van der Waals surface area contributed by atoms with Crippen molar-refractivity contribution in [2.75, 3.05) is 10.2 Å². The van der Waals surface area contributed by atoms with Crippen molar-refractivity contribution < 1.29 is 9.59 Å². The normalized spacial score (nSPS) is 17.9. The molecule has 0 aromatic heterocycles. The van der Waals surface area contributed by atoms with E-state index in [-0.39, 0.29) is 18.2 Å². The van der Waals surface area contributed by atoms with Gasteiger partial charge in [0.2, 0.25) is 5.91 Å². The van der Waals surface area contributed by atoms with Crippen LogP contribution in [0.4, 0.5) is 11.4 Å². The maximum atomic E-state index is 12.5. The molecule has 112 valence electrons. The minimum Gasteiger partial charge on any atom is -0.373 e. The summed E-state index contributed by atoms with van der Waals surface area (Å²) >= 11 is 3.37. The highest BCUT2D eigenvalue weighted by molar-refractivity contribution is 9.10. The first-order valence-corrected chi connectivity index (χ1v) is 7.79. The van der Waals surface area contributed by atoms with E-state index in [1.807, 2.05) is 49.4 Å². The molecule has 1 fully saturated rings. The van der Waals surface area contributed by atoms with E-state index < -0.39 is 6.04 Å². The van der Waals surface area contributed by atoms with E-state index in [1.165, 1.54) is 4.90 Å². The largest absolute Gasteiger partial charge is 0.373 e. The highest BCUT2D eigenvalue weighted by Crippen LogP contribution is 2.26. The van der Waals surface area contributed by atoms with Crippen LogP contribution >= 0.6 is 15.9 Å². The molecule has 0 unspecified atom stereocenters. The number of imide groups is 1. The molecule has 2 aromatic rings. The molecule has 1 atom stereocenters. The highest BCUT2D eigenvalue weighted by Gasteiger charge is 2.39. The van der Waals surface area contributed by atoms with Gasteiger partial charge in [-0.3, -0.25) is 9.59 Å². The first kappa shape index (κ1) is 14.8. The van der Waals surface area contributed by atoms with Crippen molar-refractivity contribution in [3.05, 3.63) is 58.6 Å². The van der Waals surface area contributed by atoms with E-state index in [9.17, 15) is 9.59 Å². The third kappa shape index (κ3) is 2.90. The average molecular weight is 359 g/mol. The Morgan fingerprint density at radius 3 is 2.55 bits per heavy atom. The number of benzene rings is 2. The van der Waals surface area contributed by atoms with Crippen LogP contribution in [0.25, 0.3) is 0 Å². The van der Waals surface area contributed by atoms with Crippen LogP contribution in [0.1, 0.15) is 12.0 Å². The molecule has 0 radical (unpaired) electrons. The summed E-state index contributed by atoms with van der Waals surface area (Å²) in [5.74, 6) is -0.385. The molecule has 0 saturated carbocycles. The summed E-state index contributed by atoms with van der Waals surface area (Å²) in [6.07, 6.45) is 0.169. The van der Waals surface area contributed by atoms with Crippen molar-refractivity contribution in [1.29, 1.82) is 0 Å². The minimum absolute atomic E-state index is 0.169. The molecule has 2 amide bonds. The molecular formula is C17H15BrN2O2. The Bertz CT molecular complexity index is 728. The number of anilines is 2. The molecule has 0 aliphatic carbocycles. The van der Waals surface area contributed by atoms with E-state index in [1.54, 1.807) is 6.07 Å². The summed E-state index contributed by atoms with van der Waals surface area (Å²) in [4.78, 5) is 26.0. The van der Waals surface area contributed by atoms with Crippen LogP contribution < -0.4 is 10.2 Å². The number of hydrogen-bond acceptors (Lipinski definition) is 3. The van der Waals surface area contributed by atoms with Gasteiger partial charge >= 0.3 is 0 Å². The number of rotatable bonds is 3. The fourth-order valence-corrected chi connectivity index (χ4v) is 2.79. The first-order chi connectivity index (χ1) is 10.5. The lowest BCUT2D eigenvalue weighted by atomic mass is 10.2. The molecule has 1 aliphatic rings. The van der Waals surface area contributed by atoms with Gasteiger partial charge in [0.05, 0.1) is 12.1 Å². The molecule has 1 heterocycles. The van der Waals surface area contributed by atoms with Gasteiger partial charge in [0.25, 0.3) is 5.91 Å². The summed E-state index contributed by atoms with van der Waals surface area (Å²) in [7, 11) is 0. The third-order valence-electron chi connectivity index (χ3n) is 3.59. The number of hydrogen-bond donors (Lipinski definition) is 1. The van der Waals surface area contributed by atoms with Crippen LogP contribution in [0.2, 0.25) is 0 Å². The van der Waals surface area contributed by atoms with Crippen molar-refractivity contribution in [3.8, 4) is 0 Å². The number of nitrogens with zero attached hydrogens (tertiary/aromatic N) is 1. The summed E-state index contributed by atoms with van der Waals surface area (Å²) < 4.78 is 0.966. The minimum atomic E-state index is -0.519. The maximum absolute atomic E-state index is 12.5. The Balaban J connectivity index is 1.81. The standard InChI is InChI=1S/C17H15BrN2O2/c1-11-3-2-4-14(9-11)20-16(21)10-15(17(20)22)19-13-7-5-12(18)6-8-13/h2-9,15,19H,10H2,1H3/t15-/m0/s1. The van der Waals surface area contributed by atoms with Gasteiger partial charge in [0.15, 0.2) is 0 Å². The summed E-state index contributed by atoms with van der Waals surface area (Å²) in [6, 6.07) is 14.4. The Labute approximate surface area is 137 Å². The molecule has 0 spiro atoms. The van der Waals surface area contributed by atoms with Gasteiger partial charge in [-0.2, -0.15) is 0 Å². The summed E-state index contributed by atoms with van der Waals surface area (Å²) in [5, 5.41) is 3.13. The summed E-state index contributed by atoms with van der Waals surface area (Å²) in [6.45, 7) is 1.94. The van der Waals surface area contributed by atoms with E-state index in [2.05, 4.69) is 21.2 Å². The number of carbonyl (C=O) groups is 2. The smallest absolute Gasteiger partial charge is 0.256 e. The monoisotopic (exact) mass is 358 g/mol. The number of carbonyl (C=O) groups excluding carboxylic acids is 2. The average Bonchev–Trinajstić information content (AvgIpc) is 2.76. The van der Waals surface area contributed by atoms with E-state index in [0.717, 1.165) is 15.7 Å². The predicted octanol–water partition coefficient (Wildman–Crippen LogP) is 3.50. The Morgan fingerprint density at radius 2 is 1.86 bits per heavy atom. The zero-order chi connectivity index (χ0) is 15.7. The lowest BCUT2D eigenvalue weighted by Gasteiger charge is -2.16. The Kier molecular flexibility index (Phi) is 3.98. The molecule has 2 aromatic carbocycles. The quantitative estimate of drug-likeness (QED) is 0.854. The van der Waals surface area contributed by atoms with Gasteiger partial charge in [0.1, 0.15) is 6.04 Å². The van der Waals surface area contributed by atoms with Gasteiger partial charge in [-0.25, -0.2) is 4.90 Å². The van der Waals surface area contributed by atoms with Crippen molar-refractivity contribution in [2.45, 2.75) is 19.4 Å². The number of halogens is 1. The highest BCUT2D eigenvalue weighted by atomic mass is 79.9. The lowest BCUT2D eigenvalue weighted by Crippen LogP contribution is -2.34. The van der Waals surface area contributed by atoms with Crippen molar-refractivity contribution in [1.82, 2.24) is 0 Å². The topological polar surface area (TPSA) is 49.4 Å². The van der Waals surface area contributed by atoms with Crippen LogP contribution in [-0.2, 0) is 9.59 Å². The molecule has 0 bridgehead atoms. The molecule has 1 aliphatic heterocycles. The zero-order valence-electron chi connectivity index (χ0n) is 12.0. The predicted molar refractivity (Wildman–Crippen MR) is 89.8 cm³/mol. The van der Waals surface area contributed by atoms with Gasteiger partial charge in [-0.15, -0.1) is 0 Å². The fourth-order valence-electron chi connectivity index (χ4n) is 2.53. The van der Waals surface area contributed by atoms with Crippen molar-refractivity contribution >= 4 is 39.1 Å². The third-order valence-corrected chi connectivity index (χ3v) is 4.12. The van der Waals surface area contributed by atoms with Gasteiger partial charge in [-0.05, 0) is 48.9 Å². The molecule has 22 heavy (non-hydrogen) atoms. The van der Waals surface area contributed by atoms with Crippen LogP contribution in [-0.4, -0.2) is 17.9 Å². The second-order valence-electron chi connectivity index (χ2n) is 5.31. The summed E-state index contributed by atoms with van der Waals surface area (Å²) in [5.41, 5.74) is 2.47. The van der Waals surface area contributed by atoms with E-state index in [0.29, 0.717) is 5.69 Å². The zero-order valence-corrected chi connectivity index (χ0v) is 13.6. The van der Waals surface area contributed by atoms with Gasteiger partial charge < -0.3 is 5.32 Å². The van der Waals surface area contributed by atoms with Crippen molar-refractivity contribution in [3.63, 3.8) is 0 Å². The Hall–Kier alpha value is -2.14. The number of amides is 2. The SMILES string of the molecule is Cc1cccc(N2C(=O)C[C@H](Nc3ccc(Br)cc3)C2=O)c1. The molecule has 1 N–H and O–H groups in total. The van der Waals surface area contributed by atoms with Crippen LogP contribution in [0.3, 0.4) is 0 Å². The maximum Gasteiger partial charge on any atom is 0.256 e. The second-order valence-corrected chi connectivity index (χ2v) is 6.23. The first-order valence-electron chi connectivity index (χ1n) is 7.00. The van der Waals surface area contributed by atoms with E-state index in [4.69, 9.17) is 0 Å². The fraction of sp³-hybridized carbons (Fsp3) is 0.176. The number of aryl methyl sites for hydroxylation is 1. The van der Waals surface area contributed by atoms with Crippen molar-refractivity contribution in [2.24, 2.45) is 0 Å². The van der Waals surface area contributed by atoms with E-state index >= 15 is 0 Å². The second kappa shape index (κ2) is 5.93. The van der Waals surface area contributed by atoms with Crippen LogP contribution in [0.15, 0.2) is 53.0 Å².